The third-order valence-corrected chi connectivity index (χ3v) is 0.957. The van der Waals surface area contributed by atoms with E-state index < -0.39 is 0 Å². The van der Waals surface area contributed by atoms with Crippen molar-refractivity contribution in [3.8, 4) is 0 Å². The lowest BCUT2D eigenvalue weighted by molar-refractivity contribution is 0.270. The van der Waals surface area contributed by atoms with Gasteiger partial charge in [0, 0.05) is 0 Å². The predicted octanol–water partition coefficient (Wildman–Crippen LogP) is -0.726. The number of anilines is 1. The summed E-state index contributed by atoms with van der Waals surface area (Å²) < 4.78 is 1.43. The summed E-state index contributed by atoms with van der Waals surface area (Å²) in [5, 5.41) is 12.1. The van der Waals surface area contributed by atoms with E-state index in [1.807, 2.05) is 0 Å². The summed E-state index contributed by atoms with van der Waals surface area (Å²) in [7, 11) is 0. The first-order valence-electron chi connectivity index (χ1n) is 2.58. The normalized spacial score (nSPS) is 8.90. The molecule has 5 nitrogen and oxygen atoms in total. The first kappa shape index (κ1) is 9.19. The summed E-state index contributed by atoms with van der Waals surface area (Å²) in [5.74, 6) is 0.337. The summed E-state index contributed by atoms with van der Waals surface area (Å²) in [6, 6.07) is 0. The number of halogens is 1. The minimum atomic E-state index is 0. The molecule has 6 heteroatoms. The fraction of sp³-hybridized carbons (Fsp3) is 0.500. The van der Waals surface area contributed by atoms with Crippen LogP contribution >= 0.6 is 12.4 Å². The van der Waals surface area contributed by atoms with Gasteiger partial charge < -0.3 is 10.8 Å². The van der Waals surface area contributed by atoms with Gasteiger partial charge in [0.05, 0.1) is 13.2 Å². The summed E-state index contributed by atoms with van der Waals surface area (Å²) in [5.41, 5.74) is 5.30. The molecule has 1 heterocycles. The third kappa shape index (κ3) is 1.85. The topological polar surface area (TPSA) is 77.0 Å². The number of nitrogens with two attached hydrogens (primary N) is 1. The van der Waals surface area contributed by atoms with Crippen molar-refractivity contribution in [3.05, 3.63) is 6.33 Å². The second kappa shape index (κ2) is 4.08. The standard InChI is InChI=1S/C4H8N4O.ClH/c5-4-6-3-7-8(4)1-2-9;/h3,9H,1-2H2,(H2,5,6,7);1H. The Labute approximate surface area is 64.3 Å². The van der Waals surface area contributed by atoms with Gasteiger partial charge in [-0.3, -0.25) is 0 Å². The summed E-state index contributed by atoms with van der Waals surface area (Å²) in [4.78, 5) is 3.65. The van der Waals surface area contributed by atoms with Crippen molar-refractivity contribution >= 4 is 18.4 Å². The lowest BCUT2D eigenvalue weighted by Gasteiger charge is -1.95. The van der Waals surface area contributed by atoms with E-state index in [1.54, 1.807) is 0 Å². The molecule has 1 rings (SSSR count). The number of nitrogens with zero attached hydrogens (tertiary/aromatic N) is 3. The summed E-state index contributed by atoms with van der Waals surface area (Å²) in [6.07, 6.45) is 1.35. The van der Waals surface area contributed by atoms with Gasteiger partial charge in [0.25, 0.3) is 0 Å². The van der Waals surface area contributed by atoms with Gasteiger partial charge in [0.15, 0.2) is 0 Å². The molecule has 1 aromatic rings. The van der Waals surface area contributed by atoms with Crippen LogP contribution in [0, 0.1) is 0 Å². The maximum Gasteiger partial charge on any atom is 0.218 e. The number of aliphatic hydroxyl groups is 1. The minimum Gasteiger partial charge on any atom is -0.394 e. The van der Waals surface area contributed by atoms with Crippen LogP contribution in [-0.4, -0.2) is 26.5 Å². The van der Waals surface area contributed by atoms with E-state index >= 15 is 0 Å². The van der Waals surface area contributed by atoms with Gasteiger partial charge in [0.2, 0.25) is 5.95 Å². The molecule has 0 aliphatic rings. The van der Waals surface area contributed by atoms with Crippen LogP contribution < -0.4 is 5.73 Å². The molecule has 0 saturated carbocycles. The predicted molar refractivity (Wildman–Crippen MR) is 38.8 cm³/mol. The highest BCUT2D eigenvalue weighted by Crippen LogP contribution is 1.91. The monoisotopic (exact) mass is 164 g/mol. The maximum atomic E-state index is 8.42. The number of hydrogen-bond acceptors (Lipinski definition) is 4. The average Bonchev–Trinajstić information content (AvgIpc) is 2.18. The second-order valence-corrected chi connectivity index (χ2v) is 1.56. The Balaban J connectivity index is 0.000000810. The van der Waals surface area contributed by atoms with E-state index in [1.165, 1.54) is 11.0 Å². The lowest BCUT2D eigenvalue weighted by atomic mass is 10.7. The molecule has 1 aromatic heterocycles. The molecule has 58 valence electrons. The van der Waals surface area contributed by atoms with Crippen molar-refractivity contribution in [3.63, 3.8) is 0 Å². The Morgan fingerprint density at radius 2 is 2.40 bits per heavy atom. The van der Waals surface area contributed by atoms with Gasteiger partial charge in [-0.25, -0.2) is 9.67 Å². The highest BCUT2D eigenvalue weighted by molar-refractivity contribution is 5.85. The smallest absolute Gasteiger partial charge is 0.218 e. The molecule has 0 atom stereocenters. The Bertz CT molecular complexity index is 189. The molecule has 0 aromatic carbocycles. The maximum absolute atomic E-state index is 8.42. The van der Waals surface area contributed by atoms with Crippen molar-refractivity contribution in [2.45, 2.75) is 6.54 Å². The van der Waals surface area contributed by atoms with Gasteiger partial charge in [0.1, 0.15) is 6.33 Å². The zero-order chi connectivity index (χ0) is 6.69. The molecule has 0 bridgehead atoms. The van der Waals surface area contributed by atoms with Crippen molar-refractivity contribution in [1.82, 2.24) is 14.8 Å². The van der Waals surface area contributed by atoms with E-state index in [0.717, 1.165) is 0 Å². The van der Waals surface area contributed by atoms with E-state index in [-0.39, 0.29) is 19.0 Å². The summed E-state index contributed by atoms with van der Waals surface area (Å²) in [6.45, 7) is 0.444. The molecule has 0 aliphatic carbocycles. The SMILES string of the molecule is Cl.Nc1ncnn1CCO. The molecule has 0 amide bonds. The van der Waals surface area contributed by atoms with Crippen molar-refractivity contribution in [1.29, 1.82) is 0 Å². The van der Waals surface area contributed by atoms with E-state index in [0.29, 0.717) is 12.5 Å². The number of aliphatic hydroxyl groups excluding tert-OH is 1. The highest BCUT2D eigenvalue weighted by atomic mass is 35.5. The van der Waals surface area contributed by atoms with Crippen molar-refractivity contribution in [2.24, 2.45) is 0 Å². The van der Waals surface area contributed by atoms with Crippen LogP contribution in [0.5, 0.6) is 0 Å². The molecular formula is C4H9ClN4O. The van der Waals surface area contributed by atoms with Crippen LogP contribution in [0.25, 0.3) is 0 Å². The first-order valence-corrected chi connectivity index (χ1v) is 2.58. The van der Waals surface area contributed by atoms with Crippen molar-refractivity contribution < 1.29 is 5.11 Å². The largest absolute Gasteiger partial charge is 0.394 e. The Kier molecular flexibility index (Phi) is 3.75. The molecule has 0 aliphatic heterocycles. The van der Waals surface area contributed by atoms with E-state index in [4.69, 9.17) is 10.8 Å². The van der Waals surface area contributed by atoms with Crippen molar-refractivity contribution in [2.75, 3.05) is 12.3 Å². The van der Waals surface area contributed by atoms with Crippen LogP contribution in [0.1, 0.15) is 0 Å². The number of nitrogen functional groups attached to an aromatic ring is 1. The van der Waals surface area contributed by atoms with Crippen LogP contribution in [0.4, 0.5) is 5.95 Å². The van der Waals surface area contributed by atoms with E-state index in [2.05, 4.69) is 10.1 Å². The lowest BCUT2D eigenvalue weighted by Crippen LogP contribution is -2.07. The minimum absolute atomic E-state index is 0. The molecule has 0 spiro atoms. The number of hydrogen-bond donors (Lipinski definition) is 2. The van der Waals surface area contributed by atoms with Gasteiger partial charge >= 0.3 is 0 Å². The van der Waals surface area contributed by atoms with Gasteiger partial charge in [-0.1, -0.05) is 0 Å². The third-order valence-electron chi connectivity index (χ3n) is 0.957. The zero-order valence-corrected chi connectivity index (χ0v) is 6.08. The molecule has 0 fully saturated rings. The Morgan fingerprint density at radius 1 is 1.70 bits per heavy atom. The molecule has 0 unspecified atom stereocenters. The van der Waals surface area contributed by atoms with E-state index in [9.17, 15) is 0 Å². The quantitative estimate of drug-likeness (QED) is 0.605. The van der Waals surface area contributed by atoms with Crippen LogP contribution in [0.2, 0.25) is 0 Å². The molecule has 10 heavy (non-hydrogen) atoms. The highest BCUT2D eigenvalue weighted by Gasteiger charge is 1.94. The van der Waals surface area contributed by atoms with Crippen LogP contribution in [0.15, 0.2) is 6.33 Å². The molecular weight excluding hydrogens is 156 g/mol. The summed E-state index contributed by atoms with van der Waals surface area (Å²) >= 11 is 0. The molecule has 0 saturated heterocycles. The van der Waals surface area contributed by atoms with Gasteiger partial charge in [-0.05, 0) is 0 Å². The number of aromatic nitrogens is 3. The van der Waals surface area contributed by atoms with Crippen LogP contribution in [0.3, 0.4) is 0 Å². The first-order chi connectivity index (χ1) is 4.34. The van der Waals surface area contributed by atoms with Crippen LogP contribution in [-0.2, 0) is 6.54 Å². The molecule has 3 N–H and O–H groups in total. The fourth-order valence-corrected chi connectivity index (χ4v) is 0.540. The Hall–Kier alpha value is -0.810. The number of rotatable bonds is 2. The molecule has 0 radical (unpaired) electrons. The average molecular weight is 165 g/mol. The zero-order valence-electron chi connectivity index (χ0n) is 5.27. The Morgan fingerprint density at radius 3 is 2.80 bits per heavy atom. The van der Waals surface area contributed by atoms with Gasteiger partial charge in [-0.2, -0.15) is 5.10 Å². The second-order valence-electron chi connectivity index (χ2n) is 1.56. The van der Waals surface area contributed by atoms with Gasteiger partial charge in [-0.15, -0.1) is 12.4 Å². The fourth-order valence-electron chi connectivity index (χ4n) is 0.540.